The molecule has 1 aromatic heterocycles. The van der Waals surface area contributed by atoms with Gasteiger partial charge in [0, 0.05) is 22.6 Å². The van der Waals surface area contributed by atoms with Crippen molar-refractivity contribution in [3.05, 3.63) is 29.1 Å². The van der Waals surface area contributed by atoms with Crippen LogP contribution in [0.4, 0.5) is 0 Å². The summed E-state index contributed by atoms with van der Waals surface area (Å²) in [6.45, 7) is 3.53. The molecule has 2 heterocycles. The summed E-state index contributed by atoms with van der Waals surface area (Å²) in [5, 5.41) is 8.95. The number of rotatable bonds is 1. The van der Waals surface area contributed by atoms with Crippen LogP contribution in [-0.2, 0) is 4.74 Å². The zero-order valence-corrected chi connectivity index (χ0v) is 10.8. The molecule has 0 amide bonds. The first kappa shape index (κ1) is 12.2. The van der Waals surface area contributed by atoms with E-state index in [1.807, 2.05) is 6.07 Å². The first-order valence-electron chi connectivity index (χ1n) is 6.38. The summed E-state index contributed by atoms with van der Waals surface area (Å²) in [6.07, 6.45) is 2.21. The molecule has 1 saturated carbocycles. The highest BCUT2D eigenvalue weighted by molar-refractivity contribution is 5.85. The van der Waals surface area contributed by atoms with Gasteiger partial charge in [0.2, 0.25) is 0 Å². The average Bonchev–Trinajstić information content (AvgIpc) is 2.24. The highest BCUT2D eigenvalue weighted by atomic mass is 16.5. The van der Waals surface area contributed by atoms with E-state index in [2.05, 4.69) is 16.8 Å². The van der Waals surface area contributed by atoms with E-state index in [-0.39, 0.29) is 5.69 Å². The number of carbonyl (C=O) groups is 1. The summed E-state index contributed by atoms with van der Waals surface area (Å²) in [4.78, 5) is 14.9. The molecule has 0 radical (unpaired) electrons. The molecule has 1 N–H and O–H groups in total. The SMILES string of the molecule is Cc1cc(C#CC2CC3(COC3)C2)cc(C(=O)O)n1. The van der Waals surface area contributed by atoms with E-state index in [9.17, 15) is 4.79 Å². The van der Waals surface area contributed by atoms with Gasteiger partial charge in [-0.1, -0.05) is 11.8 Å². The number of hydrogen-bond acceptors (Lipinski definition) is 3. The fourth-order valence-corrected chi connectivity index (χ4v) is 2.75. The van der Waals surface area contributed by atoms with Gasteiger partial charge in [-0.25, -0.2) is 9.78 Å². The molecule has 0 unspecified atom stereocenters. The lowest BCUT2D eigenvalue weighted by molar-refractivity contribution is -0.169. The van der Waals surface area contributed by atoms with Crippen LogP contribution in [0.2, 0.25) is 0 Å². The smallest absolute Gasteiger partial charge is 0.354 e. The van der Waals surface area contributed by atoms with Gasteiger partial charge in [0.1, 0.15) is 5.69 Å². The van der Waals surface area contributed by atoms with Crippen LogP contribution in [0.15, 0.2) is 12.1 Å². The molecule has 3 rings (SSSR count). The minimum absolute atomic E-state index is 0.0572. The number of ether oxygens (including phenoxy) is 1. The molecule has 98 valence electrons. The van der Waals surface area contributed by atoms with Crippen LogP contribution in [0, 0.1) is 30.1 Å². The molecular weight excluding hydrogens is 242 g/mol. The monoisotopic (exact) mass is 257 g/mol. The Kier molecular flexibility index (Phi) is 2.79. The van der Waals surface area contributed by atoms with Crippen LogP contribution in [0.3, 0.4) is 0 Å². The average molecular weight is 257 g/mol. The lowest BCUT2D eigenvalue weighted by Crippen LogP contribution is -2.51. The third kappa shape index (κ3) is 2.34. The number of carboxylic acids is 1. The Labute approximate surface area is 111 Å². The van der Waals surface area contributed by atoms with Crippen LogP contribution in [0.1, 0.15) is 34.6 Å². The molecule has 0 atom stereocenters. The van der Waals surface area contributed by atoms with Crippen molar-refractivity contribution in [3.8, 4) is 11.8 Å². The molecule has 1 aliphatic carbocycles. The Bertz CT molecular complexity index is 585. The number of hydrogen-bond donors (Lipinski definition) is 1. The van der Waals surface area contributed by atoms with Crippen molar-refractivity contribution < 1.29 is 14.6 Å². The van der Waals surface area contributed by atoms with Crippen molar-refractivity contribution in [2.45, 2.75) is 19.8 Å². The van der Waals surface area contributed by atoms with E-state index in [4.69, 9.17) is 9.84 Å². The molecule has 4 nitrogen and oxygen atoms in total. The number of pyridine rings is 1. The number of aromatic carboxylic acids is 1. The zero-order chi connectivity index (χ0) is 13.5. The van der Waals surface area contributed by atoms with Crippen LogP contribution < -0.4 is 0 Å². The van der Waals surface area contributed by atoms with Gasteiger partial charge < -0.3 is 9.84 Å². The van der Waals surface area contributed by atoms with E-state index in [1.165, 1.54) is 6.07 Å². The molecule has 1 spiro atoms. The Morgan fingerprint density at radius 1 is 1.47 bits per heavy atom. The highest BCUT2D eigenvalue weighted by Crippen LogP contribution is 2.50. The second-order valence-corrected chi connectivity index (χ2v) is 5.55. The predicted octanol–water partition coefficient (Wildman–Crippen LogP) is 1.87. The van der Waals surface area contributed by atoms with E-state index in [1.54, 1.807) is 6.92 Å². The van der Waals surface area contributed by atoms with Gasteiger partial charge in [-0.2, -0.15) is 0 Å². The van der Waals surface area contributed by atoms with Crippen molar-refractivity contribution in [2.24, 2.45) is 11.3 Å². The molecule has 4 heteroatoms. The van der Waals surface area contributed by atoms with Crippen LogP contribution in [-0.4, -0.2) is 29.3 Å². The van der Waals surface area contributed by atoms with E-state index >= 15 is 0 Å². The molecule has 2 fully saturated rings. The van der Waals surface area contributed by atoms with Crippen LogP contribution in [0.25, 0.3) is 0 Å². The number of nitrogens with zero attached hydrogens (tertiary/aromatic N) is 1. The maximum atomic E-state index is 10.9. The summed E-state index contributed by atoms with van der Waals surface area (Å²) in [5.74, 6) is 5.71. The van der Waals surface area contributed by atoms with Crippen molar-refractivity contribution >= 4 is 5.97 Å². The molecule has 0 bridgehead atoms. The van der Waals surface area contributed by atoms with Crippen molar-refractivity contribution in [1.29, 1.82) is 0 Å². The molecule has 2 aliphatic rings. The Morgan fingerprint density at radius 3 is 2.79 bits per heavy atom. The van der Waals surface area contributed by atoms with E-state index in [0.717, 1.165) is 31.6 Å². The lowest BCUT2D eigenvalue weighted by atomic mass is 9.61. The normalized spacial score (nSPS) is 20.1. The Hall–Kier alpha value is -1.86. The summed E-state index contributed by atoms with van der Waals surface area (Å²) in [6, 6.07) is 3.35. The minimum Gasteiger partial charge on any atom is -0.477 e. The summed E-state index contributed by atoms with van der Waals surface area (Å²) < 4.78 is 5.23. The third-order valence-corrected chi connectivity index (χ3v) is 3.77. The summed E-state index contributed by atoms with van der Waals surface area (Å²) in [7, 11) is 0. The quantitative estimate of drug-likeness (QED) is 0.780. The first-order valence-corrected chi connectivity index (χ1v) is 6.38. The van der Waals surface area contributed by atoms with Gasteiger partial charge >= 0.3 is 5.97 Å². The highest BCUT2D eigenvalue weighted by Gasteiger charge is 2.49. The molecule has 1 saturated heterocycles. The minimum atomic E-state index is -1.01. The standard InChI is InChI=1S/C15H15NO3/c1-10-4-11(5-13(16-10)14(17)18)2-3-12-6-15(7-12)8-19-9-15/h4-5,12H,6-9H2,1H3,(H,17,18). The number of aromatic nitrogens is 1. The largest absolute Gasteiger partial charge is 0.477 e. The fraction of sp³-hybridized carbons (Fsp3) is 0.467. The maximum Gasteiger partial charge on any atom is 0.354 e. The lowest BCUT2D eigenvalue weighted by Gasteiger charge is -2.51. The zero-order valence-electron chi connectivity index (χ0n) is 10.8. The van der Waals surface area contributed by atoms with Gasteiger partial charge in [-0.3, -0.25) is 0 Å². The van der Waals surface area contributed by atoms with Gasteiger partial charge in [-0.05, 0) is 31.9 Å². The van der Waals surface area contributed by atoms with Crippen molar-refractivity contribution in [1.82, 2.24) is 4.98 Å². The number of carboxylic acid groups (broad SMARTS) is 1. The summed E-state index contributed by atoms with van der Waals surface area (Å²) >= 11 is 0. The van der Waals surface area contributed by atoms with Gasteiger partial charge in [0.25, 0.3) is 0 Å². The second kappa shape index (κ2) is 4.36. The molecule has 1 aliphatic heterocycles. The Balaban J connectivity index is 1.72. The molecule has 19 heavy (non-hydrogen) atoms. The molecular formula is C15H15NO3. The van der Waals surface area contributed by atoms with Gasteiger partial charge in [0.15, 0.2) is 0 Å². The van der Waals surface area contributed by atoms with Crippen molar-refractivity contribution in [2.75, 3.05) is 13.2 Å². The molecule has 1 aromatic rings. The predicted molar refractivity (Wildman–Crippen MR) is 68.8 cm³/mol. The maximum absolute atomic E-state index is 10.9. The molecule has 0 aromatic carbocycles. The van der Waals surface area contributed by atoms with Gasteiger partial charge in [0.05, 0.1) is 13.2 Å². The van der Waals surface area contributed by atoms with Crippen LogP contribution >= 0.6 is 0 Å². The topological polar surface area (TPSA) is 59.4 Å². The fourth-order valence-electron chi connectivity index (χ4n) is 2.75. The Morgan fingerprint density at radius 2 is 2.21 bits per heavy atom. The van der Waals surface area contributed by atoms with E-state index in [0.29, 0.717) is 17.0 Å². The first-order chi connectivity index (χ1) is 9.06. The second-order valence-electron chi connectivity index (χ2n) is 5.55. The van der Waals surface area contributed by atoms with E-state index < -0.39 is 5.97 Å². The summed E-state index contributed by atoms with van der Waals surface area (Å²) in [5.41, 5.74) is 1.89. The number of aryl methyl sites for hydroxylation is 1. The third-order valence-electron chi connectivity index (χ3n) is 3.77. The van der Waals surface area contributed by atoms with Gasteiger partial charge in [-0.15, -0.1) is 0 Å². The van der Waals surface area contributed by atoms with Crippen molar-refractivity contribution in [3.63, 3.8) is 0 Å². The van der Waals surface area contributed by atoms with Crippen LogP contribution in [0.5, 0.6) is 0 Å².